The molecular formula is C15H20O4. The van der Waals surface area contributed by atoms with E-state index in [9.17, 15) is 14.7 Å². The van der Waals surface area contributed by atoms with Gasteiger partial charge in [-0.3, -0.25) is 4.79 Å². The van der Waals surface area contributed by atoms with Gasteiger partial charge in [-0.15, -0.1) is 0 Å². The molecule has 0 aromatic rings. The molecule has 1 N–H and O–H groups in total. The summed E-state index contributed by atoms with van der Waals surface area (Å²) >= 11 is 0. The number of esters is 1. The molecule has 0 saturated carbocycles. The van der Waals surface area contributed by atoms with Gasteiger partial charge >= 0.3 is 5.97 Å². The number of carbonyl (C=O) groups excluding carboxylic acids is 2. The lowest BCUT2D eigenvalue weighted by Gasteiger charge is -2.27. The minimum absolute atomic E-state index is 0.0547. The van der Waals surface area contributed by atoms with Gasteiger partial charge in [0.05, 0.1) is 0 Å². The first-order valence-electron chi connectivity index (χ1n) is 6.68. The van der Waals surface area contributed by atoms with Crippen LogP contribution < -0.4 is 0 Å². The van der Waals surface area contributed by atoms with E-state index in [4.69, 9.17) is 4.74 Å². The maximum absolute atomic E-state index is 12.1. The number of Topliss-reactive ketones (excluding diaryl/α,β-unsaturated/α-hetero) is 1. The Hall–Kier alpha value is -1.42. The number of hydrogen-bond acceptors (Lipinski definition) is 4. The maximum Gasteiger partial charge on any atom is 0.336 e. The molecule has 0 fully saturated rings. The predicted octanol–water partition coefficient (Wildman–Crippen LogP) is 2.27. The van der Waals surface area contributed by atoms with E-state index in [2.05, 4.69) is 0 Å². The molecule has 0 aromatic carbocycles. The van der Waals surface area contributed by atoms with Gasteiger partial charge in [0, 0.05) is 29.9 Å². The van der Waals surface area contributed by atoms with E-state index < -0.39 is 11.8 Å². The molecule has 0 radical (unpaired) electrons. The largest absolute Gasteiger partial charge is 0.425 e. The van der Waals surface area contributed by atoms with Crippen LogP contribution in [0.15, 0.2) is 22.8 Å². The molecule has 0 amide bonds. The lowest BCUT2D eigenvalue weighted by atomic mass is 9.86. The maximum atomic E-state index is 12.1. The minimum atomic E-state index is -1.63. The molecule has 2 aliphatic rings. The van der Waals surface area contributed by atoms with Gasteiger partial charge in [-0.25, -0.2) is 4.79 Å². The van der Waals surface area contributed by atoms with E-state index in [1.807, 2.05) is 19.9 Å². The van der Waals surface area contributed by atoms with Crippen LogP contribution in [0.5, 0.6) is 0 Å². The number of allylic oxidation sites excluding steroid dienone is 1. The summed E-state index contributed by atoms with van der Waals surface area (Å²) in [7, 11) is 0. The van der Waals surface area contributed by atoms with Gasteiger partial charge in [-0.05, 0) is 26.7 Å². The van der Waals surface area contributed by atoms with E-state index >= 15 is 0 Å². The van der Waals surface area contributed by atoms with Crippen LogP contribution in [0, 0.1) is 5.92 Å². The number of fused-ring (bicyclic) bond motifs is 1. The molecule has 2 unspecified atom stereocenters. The van der Waals surface area contributed by atoms with E-state index in [1.54, 1.807) is 6.92 Å². The monoisotopic (exact) mass is 264 g/mol. The van der Waals surface area contributed by atoms with E-state index in [0.29, 0.717) is 11.1 Å². The predicted molar refractivity (Wildman–Crippen MR) is 70.1 cm³/mol. The Balaban J connectivity index is 2.42. The zero-order valence-corrected chi connectivity index (χ0v) is 11.7. The van der Waals surface area contributed by atoms with Crippen LogP contribution >= 0.6 is 0 Å². The first kappa shape index (κ1) is 14.0. The molecule has 4 heteroatoms. The average molecular weight is 264 g/mol. The van der Waals surface area contributed by atoms with Crippen LogP contribution in [0.3, 0.4) is 0 Å². The van der Waals surface area contributed by atoms with Crippen molar-refractivity contribution in [3.63, 3.8) is 0 Å². The third-order valence-corrected chi connectivity index (χ3v) is 4.00. The van der Waals surface area contributed by atoms with Crippen molar-refractivity contribution in [1.29, 1.82) is 0 Å². The Morgan fingerprint density at radius 1 is 1.37 bits per heavy atom. The quantitative estimate of drug-likeness (QED) is 0.538. The number of aliphatic hydroxyl groups is 1. The Labute approximate surface area is 113 Å². The fraction of sp³-hybridized carbons (Fsp3) is 0.600. The Kier molecular flexibility index (Phi) is 3.63. The molecule has 104 valence electrons. The van der Waals surface area contributed by atoms with Gasteiger partial charge in [0.1, 0.15) is 5.78 Å². The lowest BCUT2D eigenvalue weighted by Crippen LogP contribution is -2.34. The van der Waals surface area contributed by atoms with Crippen LogP contribution in [0.2, 0.25) is 0 Å². The molecule has 2 atom stereocenters. The van der Waals surface area contributed by atoms with Gasteiger partial charge in [-0.2, -0.15) is 0 Å². The van der Waals surface area contributed by atoms with Gasteiger partial charge in [0.15, 0.2) is 0 Å². The van der Waals surface area contributed by atoms with Crippen molar-refractivity contribution in [3.8, 4) is 0 Å². The summed E-state index contributed by atoms with van der Waals surface area (Å²) in [5, 5.41) is 10.6. The zero-order chi connectivity index (χ0) is 14.2. The average Bonchev–Trinajstić information content (AvgIpc) is 2.51. The molecule has 1 heterocycles. The summed E-state index contributed by atoms with van der Waals surface area (Å²) in [6.45, 7) is 5.41. The highest BCUT2D eigenvalue weighted by molar-refractivity contribution is 5.95. The number of hydrogen-bond donors (Lipinski definition) is 1. The second-order valence-electron chi connectivity index (χ2n) is 5.63. The number of ether oxygens (including phenoxy) is 1. The van der Waals surface area contributed by atoms with Gasteiger partial charge in [0.25, 0.3) is 0 Å². The molecular weight excluding hydrogens is 244 g/mol. The smallest absolute Gasteiger partial charge is 0.336 e. The fourth-order valence-corrected chi connectivity index (χ4v) is 2.66. The van der Waals surface area contributed by atoms with Crippen molar-refractivity contribution < 1.29 is 19.4 Å². The molecule has 19 heavy (non-hydrogen) atoms. The second-order valence-corrected chi connectivity index (χ2v) is 5.63. The van der Waals surface area contributed by atoms with Crippen molar-refractivity contribution in [2.24, 2.45) is 5.92 Å². The SMILES string of the molecule is CC1=C2CC(=O)C(C)CC/C=C(\C)CC2(O)OC1=O. The Bertz CT molecular complexity index is 486. The summed E-state index contributed by atoms with van der Waals surface area (Å²) in [6, 6.07) is 0. The van der Waals surface area contributed by atoms with E-state index in [-0.39, 0.29) is 24.5 Å². The standard InChI is InChI=1S/C15H20O4/c1-9-5-4-6-10(2)13(16)7-12-11(3)14(17)19-15(12,18)8-9/h5,10,18H,4,6-8H2,1-3H3/b9-5+. The fourth-order valence-electron chi connectivity index (χ4n) is 2.66. The number of ketones is 1. The molecule has 2 rings (SSSR count). The number of carbonyl (C=O) groups is 2. The van der Waals surface area contributed by atoms with Crippen LogP contribution in [0.25, 0.3) is 0 Å². The second kappa shape index (κ2) is 4.93. The highest BCUT2D eigenvalue weighted by Gasteiger charge is 2.45. The van der Waals surface area contributed by atoms with Crippen LogP contribution in [0.1, 0.15) is 46.5 Å². The molecule has 1 aliphatic heterocycles. The van der Waals surface area contributed by atoms with Crippen LogP contribution in [-0.2, 0) is 14.3 Å². The molecule has 0 bridgehead atoms. The topological polar surface area (TPSA) is 63.6 Å². The van der Waals surface area contributed by atoms with Crippen molar-refractivity contribution in [1.82, 2.24) is 0 Å². The van der Waals surface area contributed by atoms with Crippen molar-refractivity contribution in [3.05, 3.63) is 22.8 Å². The molecule has 1 aliphatic carbocycles. The van der Waals surface area contributed by atoms with Gasteiger partial charge in [0.2, 0.25) is 5.79 Å². The summed E-state index contributed by atoms with van der Waals surface area (Å²) in [6.07, 6.45) is 3.96. The van der Waals surface area contributed by atoms with Gasteiger partial charge < -0.3 is 9.84 Å². The van der Waals surface area contributed by atoms with E-state index in [0.717, 1.165) is 18.4 Å². The number of rotatable bonds is 0. The highest BCUT2D eigenvalue weighted by atomic mass is 16.7. The minimum Gasteiger partial charge on any atom is -0.425 e. The van der Waals surface area contributed by atoms with E-state index in [1.165, 1.54) is 0 Å². The van der Waals surface area contributed by atoms with Crippen molar-refractivity contribution in [2.45, 2.75) is 52.2 Å². The summed E-state index contributed by atoms with van der Waals surface area (Å²) in [4.78, 5) is 23.8. The highest BCUT2D eigenvalue weighted by Crippen LogP contribution is 2.39. The lowest BCUT2D eigenvalue weighted by molar-refractivity contribution is -0.181. The summed E-state index contributed by atoms with van der Waals surface area (Å²) in [5.41, 5.74) is 1.78. The summed E-state index contributed by atoms with van der Waals surface area (Å²) in [5.74, 6) is -2.17. The Morgan fingerprint density at radius 3 is 2.74 bits per heavy atom. The summed E-state index contributed by atoms with van der Waals surface area (Å²) < 4.78 is 5.10. The van der Waals surface area contributed by atoms with Gasteiger partial charge in [-0.1, -0.05) is 18.6 Å². The first-order valence-corrected chi connectivity index (χ1v) is 6.68. The molecule has 4 nitrogen and oxygen atoms in total. The normalized spacial score (nSPS) is 35.6. The van der Waals surface area contributed by atoms with Crippen molar-refractivity contribution >= 4 is 11.8 Å². The third kappa shape index (κ3) is 2.63. The Morgan fingerprint density at radius 2 is 2.05 bits per heavy atom. The molecule has 0 spiro atoms. The van der Waals surface area contributed by atoms with Crippen molar-refractivity contribution in [2.75, 3.05) is 0 Å². The first-order chi connectivity index (χ1) is 8.83. The third-order valence-electron chi connectivity index (χ3n) is 4.00. The van der Waals surface area contributed by atoms with Crippen LogP contribution in [0.4, 0.5) is 0 Å². The van der Waals surface area contributed by atoms with Crippen LogP contribution in [-0.4, -0.2) is 22.6 Å². The molecule has 0 aromatic heterocycles. The zero-order valence-electron chi connectivity index (χ0n) is 11.7. The molecule has 0 saturated heterocycles.